The lowest BCUT2D eigenvalue weighted by Gasteiger charge is -1.94. The summed E-state index contributed by atoms with van der Waals surface area (Å²) in [4.78, 5) is 3.61. The van der Waals surface area contributed by atoms with Gasteiger partial charge in [0.15, 0.2) is 0 Å². The molecule has 0 unspecified atom stereocenters. The molecule has 0 radical (unpaired) electrons. The van der Waals surface area contributed by atoms with Gasteiger partial charge in [-0.1, -0.05) is 0 Å². The van der Waals surface area contributed by atoms with E-state index in [1.807, 2.05) is 22.6 Å². The third-order valence-corrected chi connectivity index (χ3v) is 1.35. The molecular formula is C4H3F2IN2. The first-order valence-electron chi connectivity index (χ1n) is 2.17. The molecule has 0 aliphatic carbocycles. The quantitative estimate of drug-likeness (QED) is 0.689. The average Bonchev–Trinajstić information content (AvgIpc) is 2.14. The molecule has 9 heavy (non-hydrogen) atoms. The zero-order valence-electron chi connectivity index (χ0n) is 4.26. The van der Waals surface area contributed by atoms with E-state index in [0.717, 1.165) is 10.9 Å². The van der Waals surface area contributed by atoms with Crippen molar-refractivity contribution in [1.29, 1.82) is 0 Å². The van der Waals surface area contributed by atoms with Crippen LogP contribution in [0.2, 0.25) is 0 Å². The number of imidazole rings is 1. The van der Waals surface area contributed by atoms with Gasteiger partial charge >= 0.3 is 6.55 Å². The van der Waals surface area contributed by atoms with Crippen LogP contribution in [0.15, 0.2) is 12.5 Å². The Morgan fingerprint density at radius 2 is 2.33 bits per heavy atom. The lowest BCUT2D eigenvalue weighted by molar-refractivity contribution is 0.0701. The smallest absolute Gasteiger partial charge is 0.279 e. The van der Waals surface area contributed by atoms with Gasteiger partial charge in [0.05, 0.1) is 0 Å². The number of hydrogen-bond acceptors (Lipinski definition) is 1. The molecule has 2 nitrogen and oxygen atoms in total. The second-order valence-corrected chi connectivity index (χ2v) is 2.53. The summed E-state index contributed by atoms with van der Waals surface area (Å²) in [5.74, 6) is 0. The summed E-state index contributed by atoms with van der Waals surface area (Å²) in [5, 5.41) is 0. The third-order valence-electron chi connectivity index (χ3n) is 0.795. The van der Waals surface area contributed by atoms with Gasteiger partial charge in [0.1, 0.15) is 10.0 Å². The number of alkyl halides is 2. The van der Waals surface area contributed by atoms with E-state index in [0.29, 0.717) is 3.70 Å². The Morgan fingerprint density at radius 1 is 1.67 bits per heavy atom. The molecule has 0 saturated carbocycles. The fourth-order valence-electron chi connectivity index (χ4n) is 0.418. The van der Waals surface area contributed by atoms with Crippen molar-refractivity contribution in [3.8, 4) is 0 Å². The number of rotatable bonds is 1. The summed E-state index contributed by atoms with van der Waals surface area (Å²) in [5.41, 5.74) is 0. The SMILES string of the molecule is FC(F)n1cnc(I)c1. The van der Waals surface area contributed by atoms with E-state index in [9.17, 15) is 8.78 Å². The van der Waals surface area contributed by atoms with Gasteiger partial charge in [-0.3, -0.25) is 4.57 Å². The van der Waals surface area contributed by atoms with Gasteiger partial charge in [-0.25, -0.2) is 4.98 Å². The van der Waals surface area contributed by atoms with Crippen LogP contribution in [0.1, 0.15) is 6.55 Å². The maximum atomic E-state index is 11.7. The molecule has 0 fully saturated rings. The van der Waals surface area contributed by atoms with Crippen LogP contribution in [0.5, 0.6) is 0 Å². The van der Waals surface area contributed by atoms with E-state index in [1.54, 1.807) is 0 Å². The van der Waals surface area contributed by atoms with Crippen molar-refractivity contribution >= 4 is 22.6 Å². The van der Waals surface area contributed by atoms with Crippen molar-refractivity contribution in [2.24, 2.45) is 0 Å². The molecule has 50 valence electrons. The van der Waals surface area contributed by atoms with Crippen molar-refractivity contribution in [3.63, 3.8) is 0 Å². The highest BCUT2D eigenvalue weighted by molar-refractivity contribution is 14.1. The number of aromatic nitrogens is 2. The molecule has 0 aromatic carbocycles. The Morgan fingerprint density at radius 3 is 2.56 bits per heavy atom. The molecule has 1 rings (SSSR count). The molecule has 1 aromatic rings. The lowest BCUT2D eigenvalue weighted by atomic mass is 10.9. The topological polar surface area (TPSA) is 17.8 Å². The van der Waals surface area contributed by atoms with Gasteiger partial charge in [-0.05, 0) is 22.6 Å². The third kappa shape index (κ3) is 1.60. The van der Waals surface area contributed by atoms with Crippen LogP contribution in [0.3, 0.4) is 0 Å². The van der Waals surface area contributed by atoms with Gasteiger partial charge in [-0.15, -0.1) is 0 Å². The molecule has 5 heteroatoms. The van der Waals surface area contributed by atoms with Crippen molar-refractivity contribution in [2.45, 2.75) is 6.55 Å². The molecular weight excluding hydrogens is 241 g/mol. The predicted molar refractivity (Wildman–Crippen MR) is 36.2 cm³/mol. The predicted octanol–water partition coefficient (Wildman–Crippen LogP) is 1.88. The van der Waals surface area contributed by atoms with E-state index in [1.165, 1.54) is 6.20 Å². The van der Waals surface area contributed by atoms with Gasteiger partial charge in [0.2, 0.25) is 0 Å². The minimum Gasteiger partial charge on any atom is -0.279 e. The van der Waals surface area contributed by atoms with Gasteiger partial charge in [-0.2, -0.15) is 8.78 Å². The maximum absolute atomic E-state index is 11.7. The monoisotopic (exact) mass is 244 g/mol. The van der Waals surface area contributed by atoms with E-state index in [2.05, 4.69) is 4.98 Å². The first-order valence-corrected chi connectivity index (χ1v) is 3.25. The fraction of sp³-hybridized carbons (Fsp3) is 0.250. The molecule has 0 N–H and O–H groups in total. The van der Waals surface area contributed by atoms with E-state index in [4.69, 9.17) is 0 Å². The highest BCUT2D eigenvalue weighted by atomic mass is 127. The summed E-state index contributed by atoms with van der Waals surface area (Å²) >= 11 is 1.87. The Labute approximate surface area is 64.0 Å². The minimum atomic E-state index is -2.47. The molecule has 0 amide bonds. The van der Waals surface area contributed by atoms with Crippen LogP contribution in [0, 0.1) is 3.70 Å². The molecule has 1 heterocycles. The van der Waals surface area contributed by atoms with Crippen LogP contribution < -0.4 is 0 Å². The normalized spacial score (nSPS) is 10.7. The number of halogens is 3. The minimum absolute atomic E-state index is 0.577. The average molecular weight is 244 g/mol. The second-order valence-electron chi connectivity index (χ2n) is 1.42. The highest BCUT2D eigenvalue weighted by Crippen LogP contribution is 2.10. The summed E-state index contributed by atoms with van der Waals surface area (Å²) in [6.07, 6.45) is 2.39. The Kier molecular flexibility index (Phi) is 1.99. The van der Waals surface area contributed by atoms with Crippen LogP contribution in [0.25, 0.3) is 0 Å². The van der Waals surface area contributed by atoms with Crippen LogP contribution in [0.4, 0.5) is 8.78 Å². The van der Waals surface area contributed by atoms with Crippen molar-refractivity contribution in [3.05, 3.63) is 16.2 Å². The molecule has 0 atom stereocenters. The standard InChI is InChI=1S/C4H3F2IN2/c5-4(6)9-1-3(7)8-2-9/h1-2,4H. The zero-order chi connectivity index (χ0) is 6.85. The van der Waals surface area contributed by atoms with E-state index in [-0.39, 0.29) is 0 Å². The Balaban J connectivity index is 2.85. The Hall–Kier alpha value is -0.200. The first-order chi connectivity index (χ1) is 4.20. The van der Waals surface area contributed by atoms with Crippen LogP contribution in [-0.4, -0.2) is 9.55 Å². The van der Waals surface area contributed by atoms with Gasteiger partial charge in [0, 0.05) is 6.20 Å². The van der Waals surface area contributed by atoms with E-state index >= 15 is 0 Å². The summed E-state index contributed by atoms with van der Waals surface area (Å²) in [6.45, 7) is -2.47. The summed E-state index contributed by atoms with van der Waals surface area (Å²) in [6, 6.07) is 0. The molecule has 0 saturated heterocycles. The summed E-state index contributed by atoms with van der Waals surface area (Å²) < 4.78 is 24.7. The first kappa shape index (κ1) is 6.91. The maximum Gasteiger partial charge on any atom is 0.319 e. The van der Waals surface area contributed by atoms with Gasteiger partial charge in [0.25, 0.3) is 0 Å². The van der Waals surface area contributed by atoms with Crippen molar-refractivity contribution in [2.75, 3.05) is 0 Å². The number of hydrogen-bond donors (Lipinski definition) is 0. The fourth-order valence-corrected chi connectivity index (χ4v) is 0.864. The summed E-state index contributed by atoms with van der Waals surface area (Å²) in [7, 11) is 0. The zero-order valence-corrected chi connectivity index (χ0v) is 6.42. The molecule has 1 aromatic heterocycles. The Bertz CT molecular complexity index is 198. The molecule has 0 bridgehead atoms. The van der Waals surface area contributed by atoms with Crippen molar-refractivity contribution < 1.29 is 8.78 Å². The van der Waals surface area contributed by atoms with Gasteiger partial charge < -0.3 is 0 Å². The lowest BCUT2D eigenvalue weighted by Crippen LogP contribution is -1.91. The number of nitrogens with zero attached hydrogens (tertiary/aromatic N) is 2. The van der Waals surface area contributed by atoms with Crippen LogP contribution >= 0.6 is 22.6 Å². The second kappa shape index (κ2) is 2.59. The van der Waals surface area contributed by atoms with Crippen LogP contribution in [-0.2, 0) is 0 Å². The largest absolute Gasteiger partial charge is 0.319 e. The molecule has 0 aliphatic rings. The highest BCUT2D eigenvalue weighted by Gasteiger charge is 2.03. The van der Waals surface area contributed by atoms with Crippen molar-refractivity contribution in [1.82, 2.24) is 9.55 Å². The molecule has 0 spiro atoms. The van der Waals surface area contributed by atoms with E-state index < -0.39 is 6.55 Å². The molecule has 0 aliphatic heterocycles.